The Morgan fingerprint density at radius 1 is 1.18 bits per heavy atom. The van der Waals surface area contributed by atoms with Crippen molar-refractivity contribution in [3.05, 3.63) is 59.9 Å². The molecule has 40 heavy (non-hydrogen) atoms. The van der Waals surface area contributed by atoms with Crippen molar-refractivity contribution < 1.29 is 18.7 Å². The van der Waals surface area contributed by atoms with Crippen LogP contribution in [0, 0.1) is 24.3 Å². The van der Waals surface area contributed by atoms with Crippen LogP contribution in [0.4, 0.5) is 5.69 Å². The lowest BCUT2D eigenvalue weighted by molar-refractivity contribution is -0.136. The maximum absolute atomic E-state index is 13.5. The summed E-state index contributed by atoms with van der Waals surface area (Å²) in [7, 11) is 1.63. The van der Waals surface area contributed by atoms with Crippen molar-refractivity contribution in [3.63, 3.8) is 0 Å². The molecule has 2 aromatic carbocycles. The lowest BCUT2D eigenvalue weighted by Crippen LogP contribution is -2.45. The predicted octanol–water partition coefficient (Wildman–Crippen LogP) is 4.24. The number of hydrogen-bond acceptors (Lipinski definition) is 6. The summed E-state index contributed by atoms with van der Waals surface area (Å²) < 4.78 is 10.9. The summed E-state index contributed by atoms with van der Waals surface area (Å²) in [6.07, 6.45) is 6.11. The van der Waals surface area contributed by atoms with E-state index in [9.17, 15) is 14.9 Å². The highest BCUT2D eigenvalue weighted by Gasteiger charge is 2.35. The van der Waals surface area contributed by atoms with Crippen molar-refractivity contribution in [3.8, 4) is 11.9 Å². The van der Waals surface area contributed by atoms with Gasteiger partial charge in [0.2, 0.25) is 17.8 Å². The molecule has 3 N–H and O–H groups in total. The third-order valence-electron chi connectivity index (χ3n) is 7.33. The number of rotatable bonds is 8. The number of nitriles is 1. The second kappa shape index (κ2) is 12.1. The van der Waals surface area contributed by atoms with Gasteiger partial charge in [0.05, 0.1) is 19.7 Å². The summed E-state index contributed by atoms with van der Waals surface area (Å²) in [4.78, 5) is 32.8. The molecule has 2 amide bonds. The molecule has 1 aliphatic carbocycles. The molecule has 0 radical (unpaired) electrons. The van der Waals surface area contributed by atoms with E-state index >= 15 is 0 Å². The second-order valence-electron chi connectivity index (χ2n) is 10.4. The Bertz CT molecular complexity index is 1440. The van der Waals surface area contributed by atoms with Gasteiger partial charge >= 0.3 is 0 Å². The maximum Gasteiger partial charge on any atom is 0.247 e. The number of carbonyl (C=O) groups is 2. The van der Waals surface area contributed by atoms with Crippen LogP contribution in [0.25, 0.3) is 11.0 Å². The number of anilines is 1. The van der Waals surface area contributed by atoms with Gasteiger partial charge in [-0.1, -0.05) is 12.1 Å². The summed E-state index contributed by atoms with van der Waals surface area (Å²) >= 11 is 0. The number of guanidine groups is 1. The number of aliphatic imine (C=N–C) groups is 1. The van der Waals surface area contributed by atoms with E-state index in [-0.39, 0.29) is 30.4 Å². The van der Waals surface area contributed by atoms with Crippen molar-refractivity contribution >= 4 is 34.4 Å². The monoisotopic (exact) mass is 542 g/mol. The maximum atomic E-state index is 13.5. The van der Waals surface area contributed by atoms with Crippen LogP contribution in [0.1, 0.15) is 49.5 Å². The van der Waals surface area contributed by atoms with E-state index < -0.39 is 6.04 Å². The fourth-order valence-corrected chi connectivity index (χ4v) is 5.16. The smallest absolute Gasteiger partial charge is 0.247 e. The van der Waals surface area contributed by atoms with Crippen LogP contribution in [0.3, 0.4) is 0 Å². The number of benzene rings is 2. The number of amides is 2. The molecular weight excluding hydrogens is 508 g/mol. The Balaban J connectivity index is 1.26. The Morgan fingerprint density at radius 2 is 1.98 bits per heavy atom. The van der Waals surface area contributed by atoms with E-state index in [1.54, 1.807) is 12.0 Å². The van der Waals surface area contributed by atoms with Gasteiger partial charge in [-0.05, 0) is 86.9 Å². The summed E-state index contributed by atoms with van der Waals surface area (Å²) in [5.41, 5.74) is 2.50. The molecule has 10 nitrogen and oxygen atoms in total. The normalized spacial score (nSPS) is 18.5. The van der Waals surface area contributed by atoms with Crippen LogP contribution < -0.4 is 20.7 Å². The first kappa shape index (κ1) is 27.1. The number of carbonyl (C=O) groups excluding carboxylic acids is 2. The Morgan fingerprint density at radius 3 is 2.70 bits per heavy atom. The van der Waals surface area contributed by atoms with Crippen LogP contribution in [0.15, 0.2) is 57.9 Å². The van der Waals surface area contributed by atoms with E-state index in [4.69, 9.17) is 9.15 Å². The molecule has 2 atom stereocenters. The van der Waals surface area contributed by atoms with E-state index in [2.05, 4.69) is 20.9 Å². The minimum absolute atomic E-state index is 0.0326. The molecular formula is C30H34N6O4. The second-order valence-corrected chi connectivity index (χ2v) is 10.4. The molecule has 2 heterocycles. The van der Waals surface area contributed by atoms with Crippen molar-refractivity contribution in [2.75, 3.05) is 25.5 Å². The predicted molar refractivity (Wildman–Crippen MR) is 152 cm³/mol. The first-order valence-corrected chi connectivity index (χ1v) is 13.7. The molecule has 208 valence electrons. The average molecular weight is 543 g/mol. The zero-order chi connectivity index (χ0) is 28.1. The van der Waals surface area contributed by atoms with Gasteiger partial charge < -0.3 is 24.7 Å². The van der Waals surface area contributed by atoms with E-state index in [1.165, 1.54) is 0 Å². The number of hydrogen-bond donors (Lipinski definition) is 3. The van der Waals surface area contributed by atoms with Gasteiger partial charge in [0.1, 0.15) is 23.1 Å². The molecule has 1 unspecified atom stereocenters. The van der Waals surface area contributed by atoms with Crippen LogP contribution in [0.5, 0.6) is 5.75 Å². The Hall–Kier alpha value is -4.52. The van der Waals surface area contributed by atoms with Crippen molar-refractivity contribution in [1.29, 1.82) is 5.26 Å². The number of furan rings is 1. The molecule has 0 spiro atoms. The topological polar surface area (TPSA) is 132 Å². The first-order valence-electron chi connectivity index (χ1n) is 13.7. The van der Waals surface area contributed by atoms with Gasteiger partial charge in [-0.3, -0.25) is 14.9 Å². The van der Waals surface area contributed by atoms with Crippen molar-refractivity contribution in [2.24, 2.45) is 10.9 Å². The highest BCUT2D eigenvalue weighted by atomic mass is 16.5. The van der Waals surface area contributed by atoms with Crippen LogP contribution in [0.2, 0.25) is 0 Å². The molecule has 3 aromatic rings. The fraction of sp³-hybridized carbons (Fsp3) is 0.400. The van der Waals surface area contributed by atoms with E-state index in [1.807, 2.05) is 61.6 Å². The molecule has 1 saturated heterocycles. The van der Waals surface area contributed by atoms with Gasteiger partial charge in [0.15, 0.2) is 6.19 Å². The lowest BCUT2D eigenvalue weighted by atomic mass is 10.0. The van der Waals surface area contributed by atoms with Gasteiger partial charge in [-0.2, -0.15) is 5.26 Å². The molecule has 1 aromatic heterocycles. The highest BCUT2D eigenvalue weighted by molar-refractivity contribution is 5.98. The molecule has 2 aliphatic rings. The van der Waals surface area contributed by atoms with Crippen LogP contribution in [-0.2, 0) is 9.59 Å². The third-order valence-corrected chi connectivity index (χ3v) is 7.33. The third kappa shape index (κ3) is 6.54. The fourth-order valence-electron chi connectivity index (χ4n) is 5.16. The number of likely N-dealkylation sites (tertiary alicyclic amines) is 1. The summed E-state index contributed by atoms with van der Waals surface area (Å²) in [6, 6.07) is 14.4. The number of fused-ring (bicyclic) bond motifs is 1. The number of ether oxygens (including phenoxy) is 1. The zero-order valence-corrected chi connectivity index (χ0v) is 22.8. The van der Waals surface area contributed by atoms with Gasteiger partial charge in [0.25, 0.3) is 0 Å². The zero-order valence-electron chi connectivity index (χ0n) is 22.8. The number of methoxy groups -OCH3 is 1. The van der Waals surface area contributed by atoms with Gasteiger partial charge in [0, 0.05) is 17.6 Å². The summed E-state index contributed by atoms with van der Waals surface area (Å²) in [6.45, 7) is 2.33. The number of nitrogens with one attached hydrogen (secondary N) is 3. The lowest BCUT2D eigenvalue weighted by Gasteiger charge is -2.25. The standard InChI is InChI=1S/C30H34N6O4/c1-19-15-22-16-23(10-13-26(22)40-19)33-30(32-18-31)34-25-5-3-4-14-36(29(25)38)17-27(37)35-28(20-6-7-20)21-8-11-24(39-2)12-9-21/h8-13,15-16,20,25,28H,3-7,14,17H2,1-2H3,(H,35,37)(H2,32,33,34)/t25-,28?/m0/s1. The quantitative estimate of drug-likeness (QED) is 0.168. The first-order chi connectivity index (χ1) is 19.4. The SMILES string of the molecule is COc1ccc(C(NC(=O)CN2CCCC[C@H](N=C(NC#N)Nc3ccc4oc(C)cc4c3)C2=O)C2CC2)cc1. The van der Waals surface area contributed by atoms with Crippen LogP contribution in [-0.4, -0.2) is 48.9 Å². The van der Waals surface area contributed by atoms with E-state index in [0.717, 1.165) is 53.7 Å². The van der Waals surface area contributed by atoms with Crippen LogP contribution >= 0.6 is 0 Å². The number of nitrogens with zero attached hydrogens (tertiary/aromatic N) is 3. The van der Waals surface area contributed by atoms with Crippen molar-refractivity contribution in [2.45, 2.75) is 51.1 Å². The minimum atomic E-state index is -0.709. The minimum Gasteiger partial charge on any atom is -0.497 e. The Kier molecular flexibility index (Phi) is 8.20. The summed E-state index contributed by atoms with van der Waals surface area (Å²) in [5, 5.41) is 19.1. The average Bonchev–Trinajstić information content (AvgIpc) is 3.74. The van der Waals surface area contributed by atoms with E-state index in [0.29, 0.717) is 24.6 Å². The van der Waals surface area contributed by atoms with Gasteiger partial charge in [-0.25, -0.2) is 4.99 Å². The molecule has 5 rings (SSSR count). The molecule has 1 aliphatic heterocycles. The summed E-state index contributed by atoms with van der Waals surface area (Å²) in [5.74, 6) is 1.73. The van der Waals surface area contributed by atoms with Gasteiger partial charge in [-0.15, -0.1) is 0 Å². The molecule has 1 saturated carbocycles. The molecule has 0 bridgehead atoms. The highest BCUT2D eigenvalue weighted by Crippen LogP contribution is 2.41. The Labute approximate surface area is 233 Å². The number of aryl methyl sites for hydroxylation is 1. The molecule has 10 heteroatoms. The molecule has 2 fully saturated rings. The van der Waals surface area contributed by atoms with Crippen molar-refractivity contribution in [1.82, 2.24) is 15.5 Å². The largest absolute Gasteiger partial charge is 0.497 e.